The van der Waals surface area contributed by atoms with Crippen molar-refractivity contribution in [1.82, 2.24) is 10.6 Å². The van der Waals surface area contributed by atoms with E-state index in [4.69, 9.17) is 5.26 Å². The molecule has 6 heteroatoms. The number of hydrogen-bond acceptors (Lipinski definition) is 2. The fraction of sp³-hybridized carbons (Fsp3) is 0.222. The molecule has 0 saturated carbocycles. The number of nitrogens with one attached hydrogen (secondary N) is 2. The van der Waals surface area contributed by atoms with Gasteiger partial charge in [-0.25, -0.2) is 4.39 Å². The molecule has 0 unspecified atom stereocenters. The highest BCUT2D eigenvalue weighted by Crippen LogP contribution is 2.04. The molecule has 0 aliphatic carbocycles. The number of hydrogen-bond donors (Lipinski definition) is 2. The maximum absolute atomic E-state index is 12.8. The quantitative estimate of drug-likeness (QED) is 0.428. The smallest absolute Gasteiger partial charge is 0.191 e. The fourth-order valence-corrected chi connectivity index (χ4v) is 2.13. The van der Waals surface area contributed by atoms with Gasteiger partial charge in [0.2, 0.25) is 0 Å². The van der Waals surface area contributed by atoms with Crippen molar-refractivity contribution in [3.8, 4) is 6.07 Å². The van der Waals surface area contributed by atoms with E-state index in [2.05, 4.69) is 21.7 Å². The minimum atomic E-state index is -0.223. The number of nitriles is 1. The van der Waals surface area contributed by atoms with E-state index in [9.17, 15) is 4.39 Å². The van der Waals surface area contributed by atoms with E-state index in [0.29, 0.717) is 24.6 Å². The number of aliphatic imine (C=N–C) groups is 1. The maximum Gasteiger partial charge on any atom is 0.191 e. The van der Waals surface area contributed by atoms with Gasteiger partial charge in [0.15, 0.2) is 5.96 Å². The van der Waals surface area contributed by atoms with Gasteiger partial charge in [-0.15, -0.1) is 24.0 Å². The molecule has 24 heavy (non-hydrogen) atoms. The van der Waals surface area contributed by atoms with Crippen LogP contribution in [0.3, 0.4) is 0 Å². The van der Waals surface area contributed by atoms with Crippen LogP contribution in [0.5, 0.6) is 0 Å². The molecule has 0 aliphatic heterocycles. The fourth-order valence-electron chi connectivity index (χ4n) is 2.13. The minimum Gasteiger partial charge on any atom is -0.356 e. The van der Waals surface area contributed by atoms with Crippen LogP contribution < -0.4 is 10.6 Å². The van der Waals surface area contributed by atoms with Gasteiger partial charge < -0.3 is 10.6 Å². The van der Waals surface area contributed by atoms with Gasteiger partial charge in [-0.2, -0.15) is 5.26 Å². The summed E-state index contributed by atoms with van der Waals surface area (Å²) in [5.41, 5.74) is 2.73. The van der Waals surface area contributed by atoms with Crippen molar-refractivity contribution in [3.05, 3.63) is 71.0 Å². The average molecular weight is 438 g/mol. The first-order valence-corrected chi connectivity index (χ1v) is 7.39. The SMILES string of the molecule is CN=C(NCCc1ccc(F)cc1)NCc1cccc(C#N)c1.I. The van der Waals surface area contributed by atoms with Crippen LogP contribution in [0.4, 0.5) is 4.39 Å². The highest BCUT2D eigenvalue weighted by atomic mass is 127. The molecule has 0 bridgehead atoms. The van der Waals surface area contributed by atoms with E-state index in [1.807, 2.05) is 18.2 Å². The standard InChI is InChI=1S/C18H19FN4.HI/c1-21-18(22-10-9-14-5-7-17(19)8-6-14)23-13-16-4-2-3-15(11-16)12-20;/h2-8,11H,9-10,13H2,1H3,(H2,21,22,23);1H. The normalized spacial score (nSPS) is 10.5. The van der Waals surface area contributed by atoms with E-state index < -0.39 is 0 Å². The maximum atomic E-state index is 12.8. The average Bonchev–Trinajstić information content (AvgIpc) is 2.59. The third-order valence-corrected chi connectivity index (χ3v) is 3.36. The van der Waals surface area contributed by atoms with Crippen LogP contribution in [-0.2, 0) is 13.0 Å². The van der Waals surface area contributed by atoms with Crippen LogP contribution in [0.1, 0.15) is 16.7 Å². The Bertz CT molecular complexity index is 708. The van der Waals surface area contributed by atoms with Crippen LogP contribution >= 0.6 is 24.0 Å². The molecule has 0 spiro atoms. The van der Waals surface area contributed by atoms with Crippen molar-refractivity contribution in [1.29, 1.82) is 5.26 Å². The van der Waals surface area contributed by atoms with E-state index in [0.717, 1.165) is 17.5 Å². The van der Waals surface area contributed by atoms with Gasteiger partial charge in [-0.3, -0.25) is 4.99 Å². The molecule has 0 heterocycles. The predicted octanol–water partition coefficient (Wildman–Crippen LogP) is 3.22. The molecule has 126 valence electrons. The Hall–Kier alpha value is -2.14. The summed E-state index contributed by atoms with van der Waals surface area (Å²) in [6.45, 7) is 1.29. The third kappa shape index (κ3) is 6.54. The lowest BCUT2D eigenvalue weighted by Gasteiger charge is -2.12. The van der Waals surface area contributed by atoms with Gasteiger partial charge in [0.1, 0.15) is 5.82 Å². The molecule has 2 N–H and O–H groups in total. The lowest BCUT2D eigenvalue weighted by atomic mass is 10.1. The van der Waals surface area contributed by atoms with Crippen molar-refractivity contribution in [3.63, 3.8) is 0 Å². The monoisotopic (exact) mass is 438 g/mol. The van der Waals surface area contributed by atoms with Gasteiger partial charge in [-0.1, -0.05) is 24.3 Å². The molecule has 0 saturated heterocycles. The predicted molar refractivity (Wildman–Crippen MR) is 105 cm³/mol. The molecule has 0 radical (unpaired) electrons. The Morgan fingerprint density at radius 1 is 1.12 bits per heavy atom. The second-order valence-electron chi connectivity index (χ2n) is 5.04. The summed E-state index contributed by atoms with van der Waals surface area (Å²) in [5, 5.41) is 15.3. The van der Waals surface area contributed by atoms with Gasteiger partial charge in [0.05, 0.1) is 11.6 Å². The summed E-state index contributed by atoms with van der Waals surface area (Å²) in [6.07, 6.45) is 0.783. The van der Waals surface area contributed by atoms with Crippen molar-refractivity contribution in [2.24, 2.45) is 4.99 Å². The number of halogens is 2. The Labute approximate surface area is 158 Å². The van der Waals surface area contributed by atoms with E-state index in [1.165, 1.54) is 12.1 Å². The largest absolute Gasteiger partial charge is 0.356 e. The second-order valence-corrected chi connectivity index (χ2v) is 5.04. The summed E-state index contributed by atoms with van der Waals surface area (Å²) >= 11 is 0. The summed E-state index contributed by atoms with van der Waals surface area (Å²) in [4.78, 5) is 4.16. The molecular weight excluding hydrogens is 418 g/mol. The molecule has 0 amide bonds. The summed E-state index contributed by atoms with van der Waals surface area (Å²) in [5.74, 6) is 0.466. The van der Waals surface area contributed by atoms with Crippen LogP contribution in [0, 0.1) is 17.1 Å². The molecule has 4 nitrogen and oxygen atoms in total. The van der Waals surface area contributed by atoms with Crippen molar-refractivity contribution in [2.75, 3.05) is 13.6 Å². The number of guanidine groups is 1. The number of rotatable bonds is 5. The molecule has 2 rings (SSSR count). The lowest BCUT2D eigenvalue weighted by molar-refractivity contribution is 0.626. The van der Waals surface area contributed by atoms with E-state index in [1.54, 1.807) is 25.2 Å². The molecule has 0 atom stereocenters. The first-order valence-electron chi connectivity index (χ1n) is 7.39. The number of nitrogens with zero attached hydrogens (tertiary/aromatic N) is 2. The van der Waals surface area contributed by atoms with Gasteiger partial charge in [-0.05, 0) is 41.8 Å². The highest BCUT2D eigenvalue weighted by Gasteiger charge is 2.00. The Kier molecular flexibility index (Phi) is 8.79. The highest BCUT2D eigenvalue weighted by molar-refractivity contribution is 14.0. The number of benzene rings is 2. The second kappa shape index (κ2) is 10.6. The zero-order chi connectivity index (χ0) is 16.5. The van der Waals surface area contributed by atoms with E-state index in [-0.39, 0.29) is 29.8 Å². The Balaban J connectivity index is 0.00000288. The lowest BCUT2D eigenvalue weighted by Crippen LogP contribution is -2.37. The Morgan fingerprint density at radius 2 is 1.88 bits per heavy atom. The van der Waals surface area contributed by atoms with Crippen molar-refractivity contribution in [2.45, 2.75) is 13.0 Å². The summed E-state index contributed by atoms with van der Waals surface area (Å²) < 4.78 is 12.8. The minimum absolute atomic E-state index is 0. The van der Waals surface area contributed by atoms with Crippen LogP contribution in [0.25, 0.3) is 0 Å². The first kappa shape index (κ1) is 19.9. The van der Waals surface area contributed by atoms with Crippen molar-refractivity contribution < 1.29 is 4.39 Å². The van der Waals surface area contributed by atoms with Crippen LogP contribution in [-0.4, -0.2) is 19.6 Å². The van der Waals surface area contributed by atoms with E-state index >= 15 is 0 Å². The molecular formula is C18H20FIN4. The van der Waals surface area contributed by atoms with Gasteiger partial charge >= 0.3 is 0 Å². The Morgan fingerprint density at radius 3 is 2.54 bits per heavy atom. The van der Waals surface area contributed by atoms with Crippen LogP contribution in [0.2, 0.25) is 0 Å². The summed E-state index contributed by atoms with van der Waals surface area (Å²) in [7, 11) is 1.71. The van der Waals surface area contributed by atoms with Gasteiger partial charge in [0.25, 0.3) is 0 Å². The van der Waals surface area contributed by atoms with Crippen LogP contribution in [0.15, 0.2) is 53.5 Å². The molecule has 2 aromatic rings. The molecule has 0 aromatic heterocycles. The first-order chi connectivity index (χ1) is 11.2. The molecule has 0 aliphatic rings. The topological polar surface area (TPSA) is 60.2 Å². The van der Waals surface area contributed by atoms with Crippen molar-refractivity contribution >= 4 is 29.9 Å². The third-order valence-electron chi connectivity index (χ3n) is 3.36. The zero-order valence-corrected chi connectivity index (χ0v) is 15.8. The van der Waals surface area contributed by atoms with Gasteiger partial charge in [0, 0.05) is 20.1 Å². The zero-order valence-electron chi connectivity index (χ0n) is 13.4. The summed E-state index contributed by atoms with van der Waals surface area (Å²) in [6, 6.07) is 16.0. The molecule has 0 fully saturated rings. The molecule has 2 aromatic carbocycles.